The van der Waals surface area contributed by atoms with Crippen molar-refractivity contribution in [1.29, 1.82) is 0 Å². The summed E-state index contributed by atoms with van der Waals surface area (Å²) in [4.78, 5) is 0.404. The summed E-state index contributed by atoms with van der Waals surface area (Å²) in [6.45, 7) is 0. The molecular formula is C6H5F3N3OP. The van der Waals surface area contributed by atoms with Gasteiger partial charge in [-0.3, -0.25) is 0 Å². The van der Waals surface area contributed by atoms with Gasteiger partial charge in [0.15, 0.2) is 0 Å². The van der Waals surface area contributed by atoms with Gasteiger partial charge in [-0.2, -0.15) is 0 Å². The minimum absolute atomic E-state index is 0.206. The molecule has 8 heteroatoms. The number of rotatable bonds is 2. The fraction of sp³-hybridized carbons (Fsp3) is 0. The normalized spacial score (nSPS) is 13.1. The molecule has 0 spiro atoms. The molecule has 0 N–H and O–H groups in total. The van der Waals surface area contributed by atoms with Crippen LogP contribution < -0.4 is 4.62 Å². The first-order chi connectivity index (χ1) is 6.56. The van der Waals surface area contributed by atoms with Gasteiger partial charge in [-0.1, -0.05) is 0 Å². The Morgan fingerprint density at radius 2 is 1.93 bits per heavy atom. The summed E-state index contributed by atoms with van der Waals surface area (Å²) in [6.07, 6.45) is 0. The van der Waals surface area contributed by atoms with Gasteiger partial charge in [0.2, 0.25) is 0 Å². The van der Waals surface area contributed by atoms with Crippen LogP contribution in [0.5, 0.6) is 0 Å². The number of benzene rings is 1. The molecule has 1 aromatic heterocycles. The summed E-state index contributed by atoms with van der Waals surface area (Å²) >= 11 is 0. The van der Waals surface area contributed by atoms with Gasteiger partial charge in [0, 0.05) is 0 Å². The van der Waals surface area contributed by atoms with Crippen molar-refractivity contribution in [2.75, 3.05) is 0 Å². The Balaban J connectivity index is 2.44. The summed E-state index contributed by atoms with van der Waals surface area (Å²) in [5.74, 6) is 0. The second kappa shape index (κ2) is 3.09. The van der Waals surface area contributed by atoms with Crippen LogP contribution in [0.15, 0.2) is 24.3 Å². The zero-order valence-electron chi connectivity index (χ0n) is 6.69. The van der Waals surface area contributed by atoms with Crippen LogP contribution in [-0.2, 0) is 0 Å². The average molecular weight is 223 g/mol. The SMILES string of the molecule is F[PH](F)(F)On1nnc2ccccc21. The van der Waals surface area contributed by atoms with Crippen LogP contribution in [-0.4, -0.2) is 15.2 Å². The molecule has 0 saturated carbocycles. The average Bonchev–Trinajstić information content (AvgIpc) is 2.47. The molecule has 1 aromatic carbocycles. The summed E-state index contributed by atoms with van der Waals surface area (Å²) in [5.41, 5.74) is 0.572. The van der Waals surface area contributed by atoms with Crippen LogP contribution in [0.4, 0.5) is 12.6 Å². The molecule has 0 aliphatic rings. The van der Waals surface area contributed by atoms with E-state index in [2.05, 4.69) is 14.9 Å². The summed E-state index contributed by atoms with van der Waals surface area (Å²) in [5, 5.41) is 6.75. The van der Waals surface area contributed by atoms with E-state index in [4.69, 9.17) is 0 Å². The number of aromatic nitrogens is 3. The van der Waals surface area contributed by atoms with Crippen molar-refractivity contribution < 1.29 is 17.2 Å². The third kappa shape index (κ3) is 1.77. The van der Waals surface area contributed by atoms with Crippen LogP contribution in [0.1, 0.15) is 0 Å². The minimum atomic E-state index is -6.12. The van der Waals surface area contributed by atoms with Gasteiger partial charge in [0.25, 0.3) is 0 Å². The van der Waals surface area contributed by atoms with Gasteiger partial charge in [-0.25, -0.2) is 0 Å². The molecule has 0 aliphatic carbocycles. The molecule has 2 rings (SSSR count). The number of nitrogens with zero attached hydrogens (tertiary/aromatic N) is 3. The number of hydrogen-bond donors (Lipinski definition) is 0. The maximum absolute atomic E-state index is 12.0. The molecule has 0 atom stereocenters. The van der Waals surface area contributed by atoms with Crippen LogP contribution in [0.3, 0.4) is 0 Å². The Labute approximate surface area is 77.0 Å². The van der Waals surface area contributed by atoms with Crippen molar-refractivity contribution in [3.8, 4) is 0 Å². The second-order valence-corrected chi connectivity index (χ2v) is 3.56. The van der Waals surface area contributed by atoms with Gasteiger partial charge in [-0.15, -0.1) is 0 Å². The molecular weight excluding hydrogens is 218 g/mol. The first-order valence-corrected chi connectivity index (χ1v) is 5.17. The topological polar surface area (TPSA) is 39.9 Å². The summed E-state index contributed by atoms with van der Waals surface area (Å²) < 4.78 is 39.7. The molecule has 0 saturated heterocycles. The Hall–Kier alpha value is -1.36. The number of fused-ring (bicyclic) bond motifs is 1. The van der Waals surface area contributed by atoms with E-state index in [0.717, 1.165) is 0 Å². The van der Waals surface area contributed by atoms with Gasteiger partial charge in [-0.05, 0) is 0 Å². The molecule has 0 bridgehead atoms. The van der Waals surface area contributed by atoms with Crippen molar-refractivity contribution in [3.05, 3.63) is 24.3 Å². The monoisotopic (exact) mass is 223 g/mol. The Morgan fingerprint density at radius 1 is 1.21 bits per heavy atom. The zero-order chi connectivity index (χ0) is 10.2. The quantitative estimate of drug-likeness (QED) is 0.732. The number of halogens is 3. The Bertz CT molecular complexity index is 455. The third-order valence-corrected chi connectivity index (χ3v) is 1.89. The fourth-order valence-corrected chi connectivity index (χ4v) is 1.34. The molecule has 1 heterocycles. The van der Waals surface area contributed by atoms with Gasteiger partial charge < -0.3 is 0 Å². The molecule has 0 fully saturated rings. The van der Waals surface area contributed by atoms with Gasteiger partial charge >= 0.3 is 76.1 Å². The van der Waals surface area contributed by atoms with Crippen molar-refractivity contribution in [3.63, 3.8) is 0 Å². The Morgan fingerprint density at radius 3 is 2.64 bits per heavy atom. The third-order valence-electron chi connectivity index (χ3n) is 1.51. The molecule has 0 aliphatic heterocycles. The molecule has 0 unspecified atom stereocenters. The number of hydrogen-bond acceptors (Lipinski definition) is 3. The van der Waals surface area contributed by atoms with Crippen molar-refractivity contribution >= 4 is 19.5 Å². The first-order valence-electron chi connectivity index (χ1n) is 3.63. The standard InChI is InChI=1S/C6H5F3N3OP/c7-14(8,9)13-12-6-4-2-1-3-5(6)10-11-12/h1-4,14H. The maximum atomic E-state index is 12.0. The van der Waals surface area contributed by atoms with E-state index in [9.17, 15) is 12.6 Å². The number of para-hydroxylation sites is 1. The predicted octanol–water partition coefficient (Wildman–Crippen LogP) is 2.18. The first kappa shape index (κ1) is 9.21. The fourth-order valence-electron chi connectivity index (χ4n) is 1.01. The van der Waals surface area contributed by atoms with Crippen molar-refractivity contribution in [1.82, 2.24) is 15.2 Å². The van der Waals surface area contributed by atoms with E-state index in [0.29, 0.717) is 10.4 Å². The molecule has 14 heavy (non-hydrogen) atoms. The molecule has 0 radical (unpaired) electrons. The van der Waals surface area contributed by atoms with Crippen LogP contribution in [0, 0.1) is 0 Å². The predicted molar refractivity (Wildman–Crippen MR) is 45.7 cm³/mol. The summed E-state index contributed by atoms with van der Waals surface area (Å²) in [7, 11) is -6.12. The molecule has 0 amide bonds. The van der Waals surface area contributed by atoms with E-state index in [1.807, 2.05) is 0 Å². The van der Waals surface area contributed by atoms with Gasteiger partial charge in [0.05, 0.1) is 0 Å². The van der Waals surface area contributed by atoms with E-state index in [1.54, 1.807) is 18.2 Å². The molecule has 76 valence electrons. The zero-order valence-corrected chi connectivity index (χ0v) is 7.69. The van der Waals surface area contributed by atoms with Crippen LogP contribution >= 0.6 is 8.42 Å². The second-order valence-electron chi connectivity index (χ2n) is 2.49. The van der Waals surface area contributed by atoms with E-state index in [-0.39, 0.29) is 5.52 Å². The van der Waals surface area contributed by atoms with Crippen LogP contribution in [0.25, 0.3) is 11.0 Å². The molecule has 4 nitrogen and oxygen atoms in total. The molecule has 2 aromatic rings. The van der Waals surface area contributed by atoms with Gasteiger partial charge in [0.1, 0.15) is 0 Å². The van der Waals surface area contributed by atoms with Crippen molar-refractivity contribution in [2.45, 2.75) is 0 Å². The van der Waals surface area contributed by atoms with Crippen molar-refractivity contribution in [2.24, 2.45) is 0 Å². The van der Waals surface area contributed by atoms with Crippen LogP contribution in [0.2, 0.25) is 0 Å². The summed E-state index contributed by atoms with van der Waals surface area (Å²) in [6, 6.07) is 6.26. The van der Waals surface area contributed by atoms with E-state index in [1.165, 1.54) is 6.07 Å². The van der Waals surface area contributed by atoms with E-state index < -0.39 is 8.42 Å². The van der Waals surface area contributed by atoms with E-state index >= 15 is 0 Å². The Kier molecular flexibility index (Phi) is 2.03.